The van der Waals surface area contributed by atoms with Crippen molar-refractivity contribution in [1.82, 2.24) is 15.2 Å². The van der Waals surface area contributed by atoms with E-state index in [0.717, 1.165) is 42.9 Å². The van der Waals surface area contributed by atoms with E-state index in [0.29, 0.717) is 16.3 Å². The fourth-order valence-corrected chi connectivity index (χ4v) is 5.01. The van der Waals surface area contributed by atoms with Gasteiger partial charge in [0.1, 0.15) is 5.75 Å². The van der Waals surface area contributed by atoms with Crippen molar-refractivity contribution in [2.24, 2.45) is 0 Å². The van der Waals surface area contributed by atoms with E-state index >= 15 is 0 Å². The number of methoxy groups -OCH3 is 1. The molecule has 1 aliphatic rings. The second-order valence-electron chi connectivity index (χ2n) is 9.47. The van der Waals surface area contributed by atoms with Crippen molar-refractivity contribution < 1.29 is 14.3 Å². The Morgan fingerprint density at radius 3 is 2.20 bits per heavy atom. The summed E-state index contributed by atoms with van der Waals surface area (Å²) in [5, 5.41) is 8.49. The van der Waals surface area contributed by atoms with Crippen molar-refractivity contribution in [3.63, 3.8) is 0 Å². The molecule has 0 unspecified atom stereocenters. The minimum atomic E-state index is -0.325. The molecule has 1 saturated heterocycles. The monoisotopic (exact) mass is 492 g/mol. The smallest absolute Gasteiger partial charge is 0.257 e. The van der Waals surface area contributed by atoms with Crippen molar-refractivity contribution in [3.8, 4) is 5.75 Å². The van der Waals surface area contributed by atoms with Gasteiger partial charge in [0, 0.05) is 28.0 Å². The van der Waals surface area contributed by atoms with Gasteiger partial charge in [0.25, 0.3) is 11.8 Å². The summed E-state index contributed by atoms with van der Waals surface area (Å²) >= 11 is 1.39. The number of piperidine rings is 1. The highest BCUT2D eigenvalue weighted by molar-refractivity contribution is 7.14. The van der Waals surface area contributed by atoms with Crippen molar-refractivity contribution in [1.29, 1.82) is 0 Å². The summed E-state index contributed by atoms with van der Waals surface area (Å²) in [5.74, 6) is 0.452. The van der Waals surface area contributed by atoms with Gasteiger partial charge in [0.05, 0.1) is 12.8 Å². The van der Waals surface area contributed by atoms with E-state index in [1.807, 2.05) is 29.6 Å². The molecule has 2 aromatic carbocycles. The Hall–Kier alpha value is -3.23. The van der Waals surface area contributed by atoms with Crippen molar-refractivity contribution in [2.75, 3.05) is 32.6 Å². The molecule has 7 nitrogen and oxygen atoms in total. The molecule has 8 heteroatoms. The number of hydrogen-bond acceptors (Lipinski definition) is 6. The molecule has 4 rings (SSSR count). The Morgan fingerprint density at radius 1 is 1.00 bits per heavy atom. The fourth-order valence-electron chi connectivity index (χ4n) is 4.14. The van der Waals surface area contributed by atoms with Crippen LogP contribution in [0, 0.1) is 0 Å². The van der Waals surface area contributed by atoms with E-state index < -0.39 is 0 Å². The number of hydrogen-bond donors (Lipinski definition) is 2. The fraction of sp³-hybridized carbons (Fsp3) is 0.370. The normalized spacial score (nSPS) is 15.0. The molecule has 0 radical (unpaired) electrons. The van der Waals surface area contributed by atoms with E-state index in [1.165, 1.54) is 11.3 Å². The predicted octanol–water partition coefficient (Wildman–Crippen LogP) is 4.55. The summed E-state index contributed by atoms with van der Waals surface area (Å²) in [4.78, 5) is 32.3. The molecule has 0 aliphatic carbocycles. The first-order valence-electron chi connectivity index (χ1n) is 11.8. The number of ether oxygens (including phenoxy) is 1. The quantitative estimate of drug-likeness (QED) is 0.505. The van der Waals surface area contributed by atoms with Gasteiger partial charge in [0.15, 0.2) is 5.13 Å². The number of carbonyl (C=O) groups is 2. The molecule has 184 valence electrons. The van der Waals surface area contributed by atoms with Crippen molar-refractivity contribution in [2.45, 2.75) is 38.1 Å². The van der Waals surface area contributed by atoms with Crippen LogP contribution in [0.25, 0.3) is 0 Å². The number of amides is 2. The van der Waals surface area contributed by atoms with Gasteiger partial charge in [-0.2, -0.15) is 0 Å². The van der Waals surface area contributed by atoms with Gasteiger partial charge in [-0.05, 0) is 74.9 Å². The van der Waals surface area contributed by atoms with Gasteiger partial charge in [-0.3, -0.25) is 14.9 Å². The number of likely N-dealkylation sites (tertiary alicyclic amines) is 1. The van der Waals surface area contributed by atoms with E-state index in [9.17, 15) is 9.59 Å². The number of aromatic nitrogens is 1. The first kappa shape index (κ1) is 24.9. The molecule has 0 spiro atoms. The average Bonchev–Trinajstić information content (AvgIpc) is 3.35. The van der Waals surface area contributed by atoms with Crippen LogP contribution in [0.15, 0.2) is 53.9 Å². The predicted molar refractivity (Wildman–Crippen MR) is 140 cm³/mol. The largest absolute Gasteiger partial charge is 0.497 e. The first-order chi connectivity index (χ1) is 16.8. The maximum absolute atomic E-state index is 12.8. The molecular formula is C27H32N4O3S. The van der Waals surface area contributed by atoms with Crippen LogP contribution >= 0.6 is 11.3 Å². The molecule has 1 fully saturated rings. The topological polar surface area (TPSA) is 83.6 Å². The summed E-state index contributed by atoms with van der Waals surface area (Å²) in [6, 6.07) is 14.9. The minimum Gasteiger partial charge on any atom is -0.497 e. The van der Waals surface area contributed by atoms with Crippen LogP contribution < -0.4 is 15.4 Å². The van der Waals surface area contributed by atoms with Gasteiger partial charge in [-0.25, -0.2) is 4.98 Å². The van der Waals surface area contributed by atoms with Crippen molar-refractivity contribution in [3.05, 3.63) is 76.3 Å². The van der Waals surface area contributed by atoms with Crippen LogP contribution in [0.5, 0.6) is 5.75 Å². The number of thiazole rings is 1. The van der Waals surface area contributed by atoms with Gasteiger partial charge in [-0.15, -0.1) is 11.3 Å². The standard InChI is InChI=1S/C27H32N4O3S/c1-27(2,20-9-11-22(34-4)12-10-20)23-17-35-26(29-23)30-25(33)19-7-5-18(6-8-19)24(32)28-21-13-15-31(3)16-14-21/h5-12,17,21H,13-16H2,1-4H3,(H,28,32)(H,29,30,33). The molecule has 1 aliphatic heterocycles. The van der Waals surface area contributed by atoms with Gasteiger partial charge in [0.2, 0.25) is 0 Å². The van der Waals surface area contributed by atoms with E-state index in [-0.39, 0.29) is 23.3 Å². The summed E-state index contributed by atoms with van der Waals surface area (Å²) in [6.45, 7) is 6.18. The summed E-state index contributed by atoms with van der Waals surface area (Å²) in [6.07, 6.45) is 1.90. The summed E-state index contributed by atoms with van der Waals surface area (Å²) in [5.41, 5.74) is 2.69. The number of carbonyl (C=O) groups excluding carboxylic acids is 2. The van der Waals surface area contributed by atoms with Crippen LogP contribution in [-0.4, -0.2) is 55.0 Å². The Labute approximate surface area is 210 Å². The molecule has 2 heterocycles. The lowest BCUT2D eigenvalue weighted by Gasteiger charge is -2.29. The molecular weight excluding hydrogens is 460 g/mol. The van der Waals surface area contributed by atoms with Gasteiger partial charge < -0.3 is 15.0 Å². The molecule has 3 aromatic rings. The maximum atomic E-state index is 12.8. The van der Waals surface area contributed by atoms with Crippen LogP contribution in [0.1, 0.15) is 58.7 Å². The highest BCUT2D eigenvalue weighted by atomic mass is 32.1. The van der Waals surface area contributed by atoms with E-state index in [4.69, 9.17) is 4.74 Å². The summed E-state index contributed by atoms with van der Waals surface area (Å²) < 4.78 is 5.25. The zero-order chi connectivity index (χ0) is 25.0. The van der Waals surface area contributed by atoms with Crippen LogP contribution in [0.3, 0.4) is 0 Å². The Kier molecular flexibility index (Phi) is 7.52. The van der Waals surface area contributed by atoms with Gasteiger partial charge in [-0.1, -0.05) is 26.0 Å². The lowest BCUT2D eigenvalue weighted by Crippen LogP contribution is -2.43. The highest BCUT2D eigenvalue weighted by Crippen LogP contribution is 2.34. The number of nitrogens with one attached hydrogen (secondary N) is 2. The first-order valence-corrected chi connectivity index (χ1v) is 12.7. The van der Waals surface area contributed by atoms with Crippen LogP contribution in [-0.2, 0) is 5.41 Å². The van der Waals surface area contributed by atoms with Gasteiger partial charge >= 0.3 is 0 Å². The molecule has 0 saturated carbocycles. The molecule has 2 N–H and O–H groups in total. The highest BCUT2D eigenvalue weighted by Gasteiger charge is 2.26. The number of benzene rings is 2. The van der Waals surface area contributed by atoms with E-state index in [1.54, 1.807) is 31.4 Å². The van der Waals surface area contributed by atoms with Crippen LogP contribution in [0.2, 0.25) is 0 Å². The SMILES string of the molecule is COc1ccc(C(C)(C)c2csc(NC(=O)c3ccc(C(=O)NC4CCN(C)CC4)cc3)n2)cc1. The number of anilines is 1. The molecule has 2 amide bonds. The lowest BCUT2D eigenvalue weighted by atomic mass is 9.82. The number of rotatable bonds is 7. The third-order valence-corrected chi connectivity index (χ3v) is 7.40. The lowest BCUT2D eigenvalue weighted by molar-refractivity contribution is 0.0915. The molecule has 1 aromatic heterocycles. The summed E-state index contributed by atoms with van der Waals surface area (Å²) in [7, 11) is 3.74. The third kappa shape index (κ3) is 5.89. The molecule has 0 atom stereocenters. The zero-order valence-electron chi connectivity index (χ0n) is 20.6. The molecule has 0 bridgehead atoms. The van der Waals surface area contributed by atoms with Crippen molar-refractivity contribution >= 4 is 28.3 Å². The second-order valence-corrected chi connectivity index (χ2v) is 10.3. The Morgan fingerprint density at radius 2 is 1.60 bits per heavy atom. The Balaban J connectivity index is 1.37. The average molecular weight is 493 g/mol. The number of nitrogens with zero attached hydrogens (tertiary/aromatic N) is 2. The maximum Gasteiger partial charge on any atom is 0.257 e. The zero-order valence-corrected chi connectivity index (χ0v) is 21.4. The third-order valence-electron chi connectivity index (χ3n) is 6.64. The minimum absolute atomic E-state index is 0.100. The van der Waals surface area contributed by atoms with Crippen LogP contribution in [0.4, 0.5) is 5.13 Å². The molecule has 35 heavy (non-hydrogen) atoms. The second kappa shape index (κ2) is 10.6. The van der Waals surface area contributed by atoms with E-state index in [2.05, 4.69) is 41.4 Å². The Bertz CT molecular complexity index is 1160.